The number of ether oxygens (including phenoxy) is 1. The van der Waals surface area contributed by atoms with Crippen LogP contribution in [0.5, 0.6) is 5.75 Å². The normalized spacial score (nSPS) is 17.6. The molecule has 40 heavy (non-hydrogen) atoms. The molecule has 1 aliphatic carbocycles. The number of hydrogen-bond acceptors (Lipinski definition) is 8. The van der Waals surface area contributed by atoms with E-state index in [1.807, 2.05) is 4.90 Å². The van der Waals surface area contributed by atoms with E-state index in [1.165, 1.54) is 8.99 Å². The highest BCUT2D eigenvalue weighted by molar-refractivity contribution is 7.88. The zero-order chi connectivity index (χ0) is 28.5. The minimum atomic E-state index is -3.64. The topological polar surface area (TPSA) is 143 Å². The summed E-state index contributed by atoms with van der Waals surface area (Å²) in [6, 6.07) is 13.5. The van der Waals surface area contributed by atoms with Crippen molar-refractivity contribution < 1.29 is 18.4 Å². The standard InChI is InChI=1S/C27H31ClN6O5S/c1-27(8-9-27)18-39-24-23(16-30-34(26(24)35)22-7-3-6-21(28)15-22)32-10-12-33(13-11-32)40(37,38)17-19-4-2-5-20(14-19)25(29)31-36/h2-7,14-16,36H,8-13,17-18H2,1H3,(H2,29,31). The van der Waals surface area contributed by atoms with E-state index < -0.39 is 15.6 Å². The number of nitrogens with zero attached hydrogens (tertiary/aromatic N) is 5. The number of sulfonamides is 1. The quantitative estimate of drug-likeness (QED) is 0.169. The van der Waals surface area contributed by atoms with Crippen molar-refractivity contribution in [2.45, 2.75) is 25.5 Å². The Balaban J connectivity index is 1.35. The summed E-state index contributed by atoms with van der Waals surface area (Å²) in [5.74, 6) is -0.115. The summed E-state index contributed by atoms with van der Waals surface area (Å²) in [4.78, 5) is 15.5. The molecule has 1 saturated heterocycles. The van der Waals surface area contributed by atoms with Crippen LogP contribution in [0.3, 0.4) is 0 Å². The summed E-state index contributed by atoms with van der Waals surface area (Å²) >= 11 is 6.14. The molecule has 1 aromatic heterocycles. The Morgan fingerprint density at radius 2 is 1.88 bits per heavy atom. The number of amidine groups is 1. The Morgan fingerprint density at radius 1 is 1.15 bits per heavy atom. The van der Waals surface area contributed by atoms with Gasteiger partial charge < -0.3 is 20.6 Å². The Morgan fingerprint density at radius 3 is 2.55 bits per heavy atom. The van der Waals surface area contributed by atoms with E-state index in [9.17, 15) is 13.2 Å². The van der Waals surface area contributed by atoms with Crippen LogP contribution in [0.1, 0.15) is 30.9 Å². The number of benzene rings is 2. The molecule has 0 radical (unpaired) electrons. The van der Waals surface area contributed by atoms with E-state index in [1.54, 1.807) is 54.7 Å². The van der Waals surface area contributed by atoms with Gasteiger partial charge in [0.1, 0.15) is 5.69 Å². The minimum absolute atomic E-state index is 0.0473. The maximum atomic E-state index is 13.6. The molecule has 2 fully saturated rings. The lowest BCUT2D eigenvalue weighted by molar-refractivity contribution is 0.242. The molecule has 212 valence electrons. The molecule has 0 bridgehead atoms. The van der Waals surface area contributed by atoms with Crippen molar-refractivity contribution >= 4 is 33.1 Å². The number of hydrogen-bond donors (Lipinski definition) is 2. The second-order valence-electron chi connectivity index (χ2n) is 10.5. The SMILES string of the molecule is CC1(COc2c(N3CCN(S(=O)(=O)Cc4cccc(C(N)=NO)c4)CC3)cnn(-c3cccc(Cl)c3)c2=O)CC1. The fourth-order valence-electron chi connectivity index (χ4n) is 4.57. The number of nitrogens with two attached hydrogens (primary N) is 1. The zero-order valence-corrected chi connectivity index (χ0v) is 23.6. The van der Waals surface area contributed by atoms with E-state index in [4.69, 9.17) is 27.3 Å². The molecule has 11 nitrogen and oxygen atoms in total. The highest BCUT2D eigenvalue weighted by Crippen LogP contribution is 2.45. The van der Waals surface area contributed by atoms with Gasteiger partial charge in [-0.1, -0.05) is 47.9 Å². The Hall–Kier alpha value is -3.61. The Bertz CT molecular complexity index is 1600. The number of rotatable bonds is 9. The second-order valence-corrected chi connectivity index (χ2v) is 12.9. The van der Waals surface area contributed by atoms with Crippen LogP contribution < -0.4 is 20.9 Å². The van der Waals surface area contributed by atoms with E-state index in [-0.39, 0.29) is 35.8 Å². The fourth-order valence-corrected chi connectivity index (χ4v) is 6.26. The lowest BCUT2D eigenvalue weighted by Crippen LogP contribution is -2.49. The molecule has 0 amide bonds. The molecule has 0 unspecified atom stereocenters. The van der Waals surface area contributed by atoms with Gasteiger partial charge in [0.25, 0.3) is 0 Å². The molecule has 2 heterocycles. The molecule has 3 aromatic rings. The van der Waals surface area contributed by atoms with E-state index in [2.05, 4.69) is 17.2 Å². The van der Waals surface area contributed by atoms with E-state index in [0.29, 0.717) is 47.2 Å². The lowest BCUT2D eigenvalue weighted by Gasteiger charge is -2.35. The first-order chi connectivity index (χ1) is 19.1. The fraction of sp³-hybridized carbons (Fsp3) is 0.370. The molecule has 1 aliphatic heterocycles. The van der Waals surface area contributed by atoms with Crippen molar-refractivity contribution in [1.82, 2.24) is 14.1 Å². The summed E-state index contributed by atoms with van der Waals surface area (Å²) < 4.78 is 35.3. The van der Waals surface area contributed by atoms with Gasteiger partial charge in [-0.25, -0.2) is 8.42 Å². The largest absolute Gasteiger partial charge is 0.486 e. The van der Waals surface area contributed by atoms with Gasteiger partial charge in [-0.2, -0.15) is 14.1 Å². The molecule has 1 saturated carbocycles. The molecular weight excluding hydrogens is 556 g/mol. The van der Waals surface area contributed by atoms with Crippen LogP contribution in [-0.4, -0.2) is 66.3 Å². The number of piperazine rings is 1. The van der Waals surface area contributed by atoms with Crippen molar-refractivity contribution in [3.63, 3.8) is 0 Å². The van der Waals surface area contributed by atoms with Crippen LogP contribution in [-0.2, 0) is 15.8 Å². The third kappa shape index (κ3) is 6.08. The van der Waals surface area contributed by atoms with Gasteiger partial charge in [0, 0.05) is 42.2 Å². The molecule has 3 N–H and O–H groups in total. The maximum absolute atomic E-state index is 13.6. The molecule has 0 spiro atoms. The monoisotopic (exact) mass is 586 g/mol. The average Bonchev–Trinajstić information content (AvgIpc) is 3.68. The Kier molecular flexibility index (Phi) is 7.76. The highest BCUT2D eigenvalue weighted by Gasteiger charge is 2.39. The first kappa shape index (κ1) is 27.9. The van der Waals surface area contributed by atoms with Crippen molar-refractivity contribution in [3.05, 3.63) is 81.2 Å². The summed E-state index contributed by atoms with van der Waals surface area (Å²) in [6.07, 6.45) is 3.67. The van der Waals surface area contributed by atoms with Crippen molar-refractivity contribution in [2.75, 3.05) is 37.7 Å². The Labute approximate surface area is 237 Å². The highest BCUT2D eigenvalue weighted by atomic mass is 35.5. The van der Waals surface area contributed by atoms with Crippen molar-refractivity contribution in [1.29, 1.82) is 0 Å². The van der Waals surface area contributed by atoms with Crippen LogP contribution in [0.4, 0.5) is 5.69 Å². The van der Waals surface area contributed by atoms with Crippen LogP contribution in [0, 0.1) is 5.41 Å². The maximum Gasteiger partial charge on any atom is 0.316 e. The van der Waals surface area contributed by atoms with E-state index >= 15 is 0 Å². The number of oxime groups is 1. The van der Waals surface area contributed by atoms with Crippen molar-refractivity contribution in [3.8, 4) is 11.4 Å². The van der Waals surface area contributed by atoms with Crippen LogP contribution in [0.2, 0.25) is 5.02 Å². The predicted molar refractivity (Wildman–Crippen MR) is 153 cm³/mol. The molecule has 5 rings (SSSR count). The van der Waals surface area contributed by atoms with Gasteiger partial charge in [0.2, 0.25) is 15.8 Å². The number of aromatic nitrogens is 2. The smallest absolute Gasteiger partial charge is 0.316 e. The van der Waals surface area contributed by atoms with Crippen molar-refractivity contribution in [2.24, 2.45) is 16.3 Å². The van der Waals surface area contributed by atoms with Gasteiger partial charge in [0.15, 0.2) is 5.84 Å². The third-order valence-electron chi connectivity index (χ3n) is 7.29. The van der Waals surface area contributed by atoms with Crippen LogP contribution in [0.25, 0.3) is 5.69 Å². The molecule has 2 aromatic carbocycles. The van der Waals surface area contributed by atoms with Gasteiger partial charge in [-0.15, -0.1) is 0 Å². The first-order valence-electron chi connectivity index (χ1n) is 12.9. The minimum Gasteiger partial charge on any atom is -0.486 e. The molecular formula is C27H31ClN6O5S. The van der Waals surface area contributed by atoms with Crippen LogP contribution >= 0.6 is 11.6 Å². The second kappa shape index (κ2) is 11.1. The summed E-state index contributed by atoms with van der Waals surface area (Å²) in [5.41, 5.74) is 7.33. The lowest BCUT2D eigenvalue weighted by atomic mass is 10.1. The third-order valence-corrected chi connectivity index (χ3v) is 9.37. The average molecular weight is 587 g/mol. The summed E-state index contributed by atoms with van der Waals surface area (Å²) in [7, 11) is -3.64. The van der Waals surface area contributed by atoms with Gasteiger partial charge in [0.05, 0.1) is 24.2 Å². The summed E-state index contributed by atoms with van der Waals surface area (Å²) in [5, 5.41) is 16.8. The molecule has 13 heteroatoms. The van der Waals surface area contributed by atoms with Crippen LogP contribution in [0.15, 0.2) is 64.7 Å². The van der Waals surface area contributed by atoms with E-state index in [0.717, 1.165) is 12.8 Å². The van der Waals surface area contributed by atoms with Gasteiger partial charge in [-0.3, -0.25) is 4.79 Å². The zero-order valence-electron chi connectivity index (χ0n) is 22.0. The van der Waals surface area contributed by atoms with Gasteiger partial charge in [-0.05, 0) is 42.7 Å². The van der Waals surface area contributed by atoms with Gasteiger partial charge >= 0.3 is 5.56 Å². The summed E-state index contributed by atoms with van der Waals surface area (Å²) in [6.45, 7) is 3.72. The predicted octanol–water partition coefficient (Wildman–Crippen LogP) is 2.81. The number of anilines is 1. The molecule has 2 aliphatic rings. The number of halogens is 1. The first-order valence-corrected chi connectivity index (χ1v) is 14.9. The molecule has 0 atom stereocenters.